The van der Waals surface area contributed by atoms with Gasteiger partial charge in [0.1, 0.15) is 0 Å². The molecule has 60 valence electrons. The highest BCUT2D eigenvalue weighted by molar-refractivity contribution is 4.79. The van der Waals surface area contributed by atoms with E-state index in [1.807, 2.05) is 13.8 Å². The van der Waals surface area contributed by atoms with Crippen molar-refractivity contribution in [2.45, 2.75) is 32.1 Å². The lowest BCUT2D eigenvalue weighted by Gasteiger charge is -2.28. The van der Waals surface area contributed by atoms with E-state index < -0.39 is 5.79 Å². The normalized spacial score (nSPS) is 26.7. The Bertz CT molecular complexity index is 110. The van der Waals surface area contributed by atoms with E-state index in [9.17, 15) is 0 Å². The van der Waals surface area contributed by atoms with Gasteiger partial charge in [-0.1, -0.05) is 6.92 Å². The lowest BCUT2D eigenvalue weighted by Crippen LogP contribution is -2.46. The first-order valence-electron chi connectivity index (χ1n) is 3.72. The molecule has 0 spiro atoms. The molecule has 1 unspecified atom stereocenters. The van der Waals surface area contributed by atoms with Crippen molar-refractivity contribution in [3.63, 3.8) is 0 Å². The third kappa shape index (κ3) is 1.31. The van der Waals surface area contributed by atoms with E-state index in [1.54, 1.807) is 0 Å². The first-order valence-corrected chi connectivity index (χ1v) is 3.72. The van der Waals surface area contributed by atoms with Crippen LogP contribution in [0.1, 0.15) is 20.3 Å². The number of ether oxygens (including phenoxy) is 2. The molecule has 3 nitrogen and oxygen atoms in total. The number of rotatable bonds is 2. The maximum absolute atomic E-state index is 5.76. The predicted octanol–water partition coefficient (Wildman–Crippen LogP) is 0.487. The molecule has 1 saturated heterocycles. The summed E-state index contributed by atoms with van der Waals surface area (Å²) in [7, 11) is 0. The summed E-state index contributed by atoms with van der Waals surface area (Å²) in [6, 6.07) is -0.00463. The number of nitrogens with two attached hydrogens (primary N) is 1. The Morgan fingerprint density at radius 2 is 2.00 bits per heavy atom. The fourth-order valence-corrected chi connectivity index (χ4v) is 1.12. The van der Waals surface area contributed by atoms with Crippen LogP contribution in [0.3, 0.4) is 0 Å². The maximum atomic E-state index is 5.76. The van der Waals surface area contributed by atoms with Crippen LogP contribution in [0, 0.1) is 0 Å². The van der Waals surface area contributed by atoms with Gasteiger partial charge in [-0.3, -0.25) is 0 Å². The molecule has 0 aromatic rings. The zero-order valence-corrected chi connectivity index (χ0v) is 6.59. The van der Waals surface area contributed by atoms with Crippen LogP contribution in [0.4, 0.5) is 0 Å². The Labute approximate surface area is 61.5 Å². The Morgan fingerprint density at radius 3 is 2.40 bits per heavy atom. The molecule has 0 aromatic carbocycles. The SMILES string of the molecule is CCC(N)C1(C)OCCO1. The van der Waals surface area contributed by atoms with E-state index in [0.29, 0.717) is 13.2 Å². The quantitative estimate of drug-likeness (QED) is 0.615. The molecule has 0 aromatic heterocycles. The minimum absolute atomic E-state index is 0.00463. The number of hydrogen-bond donors (Lipinski definition) is 1. The summed E-state index contributed by atoms with van der Waals surface area (Å²) in [6.07, 6.45) is 0.885. The smallest absolute Gasteiger partial charge is 0.180 e. The largest absolute Gasteiger partial charge is 0.346 e. The van der Waals surface area contributed by atoms with Gasteiger partial charge in [0.25, 0.3) is 0 Å². The van der Waals surface area contributed by atoms with Crippen molar-refractivity contribution in [3.05, 3.63) is 0 Å². The fourth-order valence-electron chi connectivity index (χ4n) is 1.12. The van der Waals surface area contributed by atoms with Crippen LogP contribution in [0.25, 0.3) is 0 Å². The number of hydrogen-bond acceptors (Lipinski definition) is 3. The minimum Gasteiger partial charge on any atom is -0.346 e. The Balaban J connectivity index is 2.49. The van der Waals surface area contributed by atoms with Crippen LogP contribution in [-0.2, 0) is 9.47 Å². The first kappa shape index (κ1) is 7.98. The van der Waals surface area contributed by atoms with Crippen molar-refractivity contribution < 1.29 is 9.47 Å². The average Bonchev–Trinajstić information content (AvgIpc) is 2.36. The topological polar surface area (TPSA) is 44.5 Å². The standard InChI is InChI=1S/C7H15NO2/c1-3-6(8)7(2)9-4-5-10-7/h6H,3-5,8H2,1-2H3. The summed E-state index contributed by atoms with van der Waals surface area (Å²) in [4.78, 5) is 0. The zero-order valence-electron chi connectivity index (χ0n) is 6.59. The van der Waals surface area contributed by atoms with Crippen LogP contribution < -0.4 is 5.73 Å². The lowest BCUT2D eigenvalue weighted by molar-refractivity contribution is -0.158. The summed E-state index contributed by atoms with van der Waals surface area (Å²) in [5.41, 5.74) is 5.76. The van der Waals surface area contributed by atoms with Crippen LogP contribution in [0.5, 0.6) is 0 Å². The van der Waals surface area contributed by atoms with Crippen molar-refractivity contribution in [3.8, 4) is 0 Å². The Kier molecular flexibility index (Phi) is 2.28. The molecule has 0 amide bonds. The van der Waals surface area contributed by atoms with Gasteiger partial charge in [-0.15, -0.1) is 0 Å². The molecule has 1 aliphatic rings. The highest BCUT2D eigenvalue weighted by atomic mass is 16.7. The van der Waals surface area contributed by atoms with Gasteiger partial charge < -0.3 is 15.2 Å². The molecule has 0 saturated carbocycles. The zero-order chi connectivity index (χ0) is 7.61. The van der Waals surface area contributed by atoms with Gasteiger partial charge >= 0.3 is 0 Å². The van der Waals surface area contributed by atoms with Gasteiger partial charge in [-0.25, -0.2) is 0 Å². The molecule has 1 fully saturated rings. The van der Waals surface area contributed by atoms with E-state index >= 15 is 0 Å². The van der Waals surface area contributed by atoms with Crippen LogP contribution >= 0.6 is 0 Å². The predicted molar refractivity (Wildman–Crippen MR) is 38.6 cm³/mol. The molecule has 1 aliphatic heterocycles. The van der Waals surface area contributed by atoms with E-state index in [4.69, 9.17) is 15.2 Å². The third-order valence-electron chi connectivity index (χ3n) is 1.97. The molecule has 1 heterocycles. The monoisotopic (exact) mass is 145 g/mol. The molecule has 2 N–H and O–H groups in total. The fraction of sp³-hybridized carbons (Fsp3) is 1.00. The molecular formula is C7H15NO2. The molecule has 0 bridgehead atoms. The molecular weight excluding hydrogens is 130 g/mol. The summed E-state index contributed by atoms with van der Waals surface area (Å²) < 4.78 is 10.7. The van der Waals surface area contributed by atoms with Gasteiger partial charge in [0.2, 0.25) is 0 Å². The van der Waals surface area contributed by atoms with E-state index in [2.05, 4.69) is 0 Å². The average molecular weight is 145 g/mol. The summed E-state index contributed by atoms with van der Waals surface area (Å²) >= 11 is 0. The van der Waals surface area contributed by atoms with Crippen molar-refractivity contribution in [2.24, 2.45) is 5.73 Å². The molecule has 1 atom stereocenters. The highest BCUT2D eigenvalue weighted by Gasteiger charge is 2.36. The molecule has 0 radical (unpaired) electrons. The van der Waals surface area contributed by atoms with Crippen molar-refractivity contribution in [1.82, 2.24) is 0 Å². The van der Waals surface area contributed by atoms with Gasteiger partial charge in [-0.05, 0) is 13.3 Å². The second kappa shape index (κ2) is 2.86. The van der Waals surface area contributed by atoms with Crippen LogP contribution in [0.2, 0.25) is 0 Å². The van der Waals surface area contributed by atoms with Gasteiger partial charge in [0.15, 0.2) is 5.79 Å². The van der Waals surface area contributed by atoms with E-state index in [0.717, 1.165) is 6.42 Å². The summed E-state index contributed by atoms with van der Waals surface area (Å²) in [5.74, 6) is -0.519. The van der Waals surface area contributed by atoms with Crippen molar-refractivity contribution in [1.29, 1.82) is 0 Å². The Hall–Kier alpha value is -0.120. The first-order chi connectivity index (χ1) is 4.69. The maximum Gasteiger partial charge on any atom is 0.180 e. The molecule has 10 heavy (non-hydrogen) atoms. The van der Waals surface area contributed by atoms with E-state index in [1.165, 1.54) is 0 Å². The van der Waals surface area contributed by atoms with Gasteiger partial charge in [0.05, 0.1) is 19.3 Å². The molecule has 3 heteroatoms. The third-order valence-corrected chi connectivity index (χ3v) is 1.97. The van der Waals surface area contributed by atoms with Crippen LogP contribution in [0.15, 0.2) is 0 Å². The van der Waals surface area contributed by atoms with Gasteiger partial charge in [-0.2, -0.15) is 0 Å². The van der Waals surface area contributed by atoms with Crippen molar-refractivity contribution in [2.75, 3.05) is 13.2 Å². The summed E-state index contributed by atoms with van der Waals surface area (Å²) in [5, 5.41) is 0. The second-order valence-electron chi connectivity index (χ2n) is 2.73. The molecule has 0 aliphatic carbocycles. The Morgan fingerprint density at radius 1 is 1.50 bits per heavy atom. The molecule has 1 rings (SSSR count). The highest BCUT2D eigenvalue weighted by Crippen LogP contribution is 2.22. The van der Waals surface area contributed by atoms with Gasteiger partial charge in [0, 0.05) is 0 Å². The summed E-state index contributed by atoms with van der Waals surface area (Å²) in [6.45, 7) is 5.27. The second-order valence-corrected chi connectivity index (χ2v) is 2.73. The lowest BCUT2D eigenvalue weighted by atomic mass is 10.1. The van der Waals surface area contributed by atoms with Crippen LogP contribution in [-0.4, -0.2) is 25.0 Å². The van der Waals surface area contributed by atoms with E-state index in [-0.39, 0.29) is 6.04 Å². The minimum atomic E-state index is -0.519. The van der Waals surface area contributed by atoms with Crippen molar-refractivity contribution >= 4 is 0 Å².